The van der Waals surface area contributed by atoms with Crippen LogP contribution in [-0.4, -0.2) is 41.3 Å². The zero-order valence-corrected chi connectivity index (χ0v) is 22.4. The predicted molar refractivity (Wildman–Crippen MR) is 143 cm³/mol. The lowest BCUT2D eigenvalue weighted by Crippen LogP contribution is -2.48. The van der Waals surface area contributed by atoms with Gasteiger partial charge in [0.15, 0.2) is 11.4 Å². The van der Waals surface area contributed by atoms with Gasteiger partial charge in [-0.25, -0.2) is 13.8 Å². The third-order valence-corrected chi connectivity index (χ3v) is 8.16. The highest BCUT2D eigenvalue weighted by molar-refractivity contribution is 6.34. The number of benzene rings is 2. The number of aliphatic hydroxyl groups is 1. The molecule has 0 spiro atoms. The first-order chi connectivity index (χ1) is 18.5. The van der Waals surface area contributed by atoms with Crippen molar-refractivity contribution in [1.29, 1.82) is 0 Å². The van der Waals surface area contributed by atoms with Crippen LogP contribution in [0.3, 0.4) is 0 Å². The van der Waals surface area contributed by atoms with Crippen LogP contribution in [-0.2, 0) is 12.0 Å². The molecule has 10 heteroatoms. The summed E-state index contributed by atoms with van der Waals surface area (Å²) >= 11 is 6.47. The molecule has 0 saturated heterocycles. The van der Waals surface area contributed by atoms with E-state index in [0.29, 0.717) is 24.9 Å². The van der Waals surface area contributed by atoms with Crippen LogP contribution in [0, 0.1) is 11.6 Å². The molecule has 0 bridgehead atoms. The molecule has 206 valence electrons. The van der Waals surface area contributed by atoms with Gasteiger partial charge in [0, 0.05) is 48.0 Å². The number of rotatable bonds is 7. The Balaban J connectivity index is 1.61. The number of nitrogens with two attached hydrogens (primary N) is 1. The number of ether oxygens (including phenoxy) is 2. The van der Waals surface area contributed by atoms with Gasteiger partial charge in [-0.1, -0.05) is 41.9 Å². The second-order valence-electron chi connectivity index (χ2n) is 10.5. The molecule has 39 heavy (non-hydrogen) atoms. The molecule has 1 saturated carbocycles. The maximum Gasteiger partial charge on any atom is 0.251 e. The van der Waals surface area contributed by atoms with Gasteiger partial charge in [0.2, 0.25) is 0 Å². The molecule has 2 heterocycles. The van der Waals surface area contributed by atoms with E-state index in [4.69, 9.17) is 26.8 Å². The summed E-state index contributed by atoms with van der Waals surface area (Å²) in [5.41, 5.74) is 4.61. The van der Waals surface area contributed by atoms with Crippen molar-refractivity contribution in [3.8, 4) is 22.8 Å². The zero-order valence-electron chi connectivity index (χ0n) is 21.7. The number of hydrogen-bond donors (Lipinski definition) is 3. The lowest BCUT2D eigenvalue weighted by Gasteiger charge is -2.36. The molecule has 4 N–H and O–H groups in total. The largest absolute Gasteiger partial charge is 0.480 e. The molecule has 1 aliphatic heterocycles. The highest BCUT2D eigenvalue weighted by atomic mass is 35.5. The van der Waals surface area contributed by atoms with Crippen molar-refractivity contribution >= 4 is 17.5 Å². The van der Waals surface area contributed by atoms with E-state index in [2.05, 4.69) is 10.3 Å². The highest BCUT2D eigenvalue weighted by Crippen LogP contribution is 2.50. The van der Waals surface area contributed by atoms with E-state index in [-0.39, 0.29) is 45.8 Å². The second-order valence-corrected chi connectivity index (χ2v) is 10.9. The Bertz CT molecular complexity index is 1410. The summed E-state index contributed by atoms with van der Waals surface area (Å²) in [4.78, 5) is 16.1. The Labute approximate surface area is 230 Å². The summed E-state index contributed by atoms with van der Waals surface area (Å²) in [5.74, 6) is -2.95. The van der Waals surface area contributed by atoms with Gasteiger partial charge >= 0.3 is 0 Å². The van der Waals surface area contributed by atoms with E-state index in [0.717, 1.165) is 24.6 Å². The number of fused-ring (bicyclic) bond motifs is 1. The van der Waals surface area contributed by atoms with Gasteiger partial charge in [0.05, 0.1) is 23.3 Å². The molecule has 1 atom stereocenters. The van der Waals surface area contributed by atoms with E-state index in [1.807, 2.05) is 37.3 Å². The zero-order chi connectivity index (χ0) is 27.9. The lowest BCUT2D eigenvalue weighted by molar-refractivity contribution is 0.0104. The Morgan fingerprint density at radius 3 is 2.59 bits per heavy atom. The number of halogens is 3. The lowest BCUT2D eigenvalue weighted by atomic mass is 9.82. The van der Waals surface area contributed by atoms with Gasteiger partial charge in [0.25, 0.3) is 11.8 Å². The summed E-state index contributed by atoms with van der Waals surface area (Å²) in [7, 11) is 1.23. The summed E-state index contributed by atoms with van der Waals surface area (Å²) < 4.78 is 42.5. The first kappa shape index (κ1) is 27.3. The SMILES string of the molecule is COc1ncc(C(N)=O)c(-c2c(Cl)c(F)cc3c2C[C@@](CNC2CCC(C)(O)CC2)(c2ccccc2)O3)c1F. The third kappa shape index (κ3) is 5.06. The Morgan fingerprint density at radius 1 is 1.26 bits per heavy atom. The fraction of sp³-hybridized carbons (Fsp3) is 0.379. The average molecular weight is 558 g/mol. The molecular weight excluding hydrogens is 528 g/mol. The monoisotopic (exact) mass is 557 g/mol. The third-order valence-electron chi connectivity index (χ3n) is 7.79. The normalized spacial score (nSPS) is 24.2. The number of pyridine rings is 1. The molecule has 3 aromatic rings. The van der Waals surface area contributed by atoms with Gasteiger partial charge in [0.1, 0.15) is 11.6 Å². The van der Waals surface area contributed by atoms with Crippen molar-refractivity contribution in [3.63, 3.8) is 0 Å². The van der Waals surface area contributed by atoms with Crippen molar-refractivity contribution < 1.29 is 28.2 Å². The van der Waals surface area contributed by atoms with E-state index in [9.17, 15) is 9.90 Å². The van der Waals surface area contributed by atoms with E-state index >= 15 is 8.78 Å². The van der Waals surface area contributed by atoms with Gasteiger partial charge in [-0.2, -0.15) is 0 Å². The molecule has 1 aromatic heterocycles. The average Bonchev–Trinajstić information content (AvgIpc) is 3.28. The number of carbonyl (C=O) groups excluding carboxylic acids is 1. The minimum absolute atomic E-state index is 0.0230. The van der Waals surface area contributed by atoms with Gasteiger partial charge in [-0.15, -0.1) is 0 Å². The fourth-order valence-corrected chi connectivity index (χ4v) is 5.86. The summed E-state index contributed by atoms with van der Waals surface area (Å²) in [6, 6.07) is 10.8. The number of amides is 1. The number of nitrogens with one attached hydrogen (secondary N) is 1. The first-order valence-corrected chi connectivity index (χ1v) is 13.2. The van der Waals surface area contributed by atoms with Crippen molar-refractivity contribution in [2.24, 2.45) is 5.73 Å². The van der Waals surface area contributed by atoms with Crippen LogP contribution in [0.1, 0.15) is 54.1 Å². The Kier molecular flexibility index (Phi) is 7.26. The molecule has 7 nitrogen and oxygen atoms in total. The summed E-state index contributed by atoms with van der Waals surface area (Å²) in [6.07, 6.45) is 4.23. The van der Waals surface area contributed by atoms with E-state index < -0.39 is 28.7 Å². The number of nitrogens with zero attached hydrogens (tertiary/aromatic N) is 1. The molecule has 1 aliphatic carbocycles. The molecule has 0 radical (unpaired) electrons. The number of hydrogen-bond acceptors (Lipinski definition) is 6. The topological polar surface area (TPSA) is 107 Å². The van der Waals surface area contributed by atoms with Crippen LogP contribution in [0.15, 0.2) is 42.6 Å². The van der Waals surface area contributed by atoms with Crippen molar-refractivity contribution in [2.45, 2.75) is 56.3 Å². The van der Waals surface area contributed by atoms with Gasteiger partial charge in [-0.05, 0) is 38.2 Å². The van der Waals surface area contributed by atoms with Crippen LogP contribution in [0.4, 0.5) is 8.78 Å². The Morgan fingerprint density at radius 2 is 1.95 bits per heavy atom. The minimum Gasteiger partial charge on any atom is -0.480 e. The van der Waals surface area contributed by atoms with E-state index in [1.54, 1.807) is 0 Å². The van der Waals surface area contributed by atoms with Gasteiger partial charge < -0.3 is 25.6 Å². The molecule has 5 rings (SSSR count). The number of aromatic nitrogens is 1. The molecular formula is C29H30ClF2N3O4. The van der Waals surface area contributed by atoms with Crippen LogP contribution < -0.4 is 20.5 Å². The van der Waals surface area contributed by atoms with Crippen molar-refractivity contribution in [2.75, 3.05) is 13.7 Å². The second kappa shape index (κ2) is 10.4. The van der Waals surface area contributed by atoms with Crippen molar-refractivity contribution in [3.05, 3.63) is 75.9 Å². The first-order valence-electron chi connectivity index (χ1n) is 12.8. The molecule has 2 aromatic carbocycles. The maximum atomic E-state index is 15.7. The number of primary amides is 1. The van der Waals surface area contributed by atoms with Crippen molar-refractivity contribution in [1.82, 2.24) is 10.3 Å². The molecule has 2 aliphatic rings. The summed E-state index contributed by atoms with van der Waals surface area (Å²) in [6.45, 7) is 2.21. The van der Waals surface area contributed by atoms with E-state index in [1.165, 1.54) is 13.2 Å². The predicted octanol–water partition coefficient (Wildman–Crippen LogP) is 4.90. The fourth-order valence-electron chi connectivity index (χ4n) is 5.60. The Hall–Kier alpha value is -3.27. The van der Waals surface area contributed by atoms with Crippen LogP contribution >= 0.6 is 11.6 Å². The molecule has 1 amide bonds. The van der Waals surface area contributed by atoms with Crippen LogP contribution in [0.25, 0.3) is 11.1 Å². The highest BCUT2D eigenvalue weighted by Gasteiger charge is 2.45. The minimum atomic E-state index is -0.979. The molecule has 0 unspecified atom stereocenters. The van der Waals surface area contributed by atoms with Gasteiger partial charge in [-0.3, -0.25) is 4.79 Å². The standard InChI is InChI=1S/C29H30ClF2N3O4/c1-28(37)10-8-17(9-11-28)35-15-29(16-6-4-3-5-7-16)13-18-21(39-29)12-20(31)24(30)22(18)23-19(26(33)36)14-34-27(38-2)25(23)32/h3-7,12,14,17,35,37H,8-11,13,15H2,1-2H3,(H2,33,36)/t17?,28?,29-/m1/s1. The molecule has 1 fully saturated rings. The summed E-state index contributed by atoms with van der Waals surface area (Å²) in [5, 5.41) is 13.6. The van der Waals surface area contributed by atoms with Crippen LogP contribution in [0.2, 0.25) is 5.02 Å². The van der Waals surface area contributed by atoms with Crippen LogP contribution in [0.5, 0.6) is 11.6 Å². The number of methoxy groups -OCH3 is 1. The smallest absolute Gasteiger partial charge is 0.251 e. The maximum absolute atomic E-state index is 15.7. The quantitative estimate of drug-likeness (QED) is 0.381. The number of carbonyl (C=O) groups is 1.